The first kappa shape index (κ1) is 35.8. The first-order chi connectivity index (χ1) is 22.5. The van der Waals surface area contributed by atoms with Gasteiger partial charge in [-0.1, -0.05) is 85.5 Å². The summed E-state index contributed by atoms with van der Waals surface area (Å²) in [6.45, 7) is 22.6. The Morgan fingerprint density at radius 3 is 2.48 bits per heavy atom. The number of nitrogen functional groups attached to an aromatic ring is 1. The van der Waals surface area contributed by atoms with Gasteiger partial charge >= 0.3 is 5.97 Å². The zero-order valence-corrected chi connectivity index (χ0v) is 31.4. The van der Waals surface area contributed by atoms with E-state index >= 15 is 0 Å². The number of hydrogen-bond acceptors (Lipinski definition) is 8. The average molecular weight is 669 g/mol. The lowest BCUT2D eigenvalue weighted by Crippen LogP contribution is -2.69. The Bertz CT molecular complexity index is 1400. The summed E-state index contributed by atoms with van der Waals surface area (Å²) in [6.07, 6.45) is 9.09. The minimum atomic E-state index is -0.625. The van der Waals surface area contributed by atoms with Gasteiger partial charge in [0.05, 0.1) is 31.8 Å². The Morgan fingerprint density at radius 1 is 1.15 bits per heavy atom. The van der Waals surface area contributed by atoms with E-state index in [-0.39, 0.29) is 51.2 Å². The highest BCUT2D eigenvalue weighted by atomic mass is 16.5. The number of hydrogen-bond donors (Lipinski definition) is 3. The smallest absolute Gasteiger partial charge is 0.307 e. The fourth-order valence-corrected chi connectivity index (χ4v) is 12.5. The molecule has 10 nitrogen and oxygen atoms in total. The number of carboxylic acids is 1. The van der Waals surface area contributed by atoms with Gasteiger partial charge in [0.2, 0.25) is 0 Å². The highest BCUT2D eigenvalue weighted by molar-refractivity contribution is 5.73. The van der Waals surface area contributed by atoms with Gasteiger partial charge in [-0.15, -0.1) is 5.10 Å². The lowest BCUT2D eigenvalue weighted by atomic mass is 9.34. The number of tetrazole rings is 1. The van der Waals surface area contributed by atoms with Crippen LogP contribution in [-0.2, 0) is 14.3 Å². The third-order valence-corrected chi connectivity index (χ3v) is 16.0. The van der Waals surface area contributed by atoms with Crippen molar-refractivity contribution in [1.29, 1.82) is 0 Å². The van der Waals surface area contributed by atoms with Gasteiger partial charge in [-0.05, 0) is 96.6 Å². The van der Waals surface area contributed by atoms with Gasteiger partial charge in [0.15, 0.2) is 0 Å². The molecule has 10 heteroatoms. The Balaban J connectivity index is 1.43. The molecule has 4 aliphatic carbocycles. The largest absolute Gasteiger partial charge is 0.481 e. The summed E-state index contributed by atoms with van der Waals surface area (Å²) in [5.74, 6) is 1.02. The molecule has 4 fully saturated rings. The van der Waals surface area contributed by atoms with E-state index in [1.807, 2.05) is 7.05 Å². The van der Waals surface area contributed by atoms with Gasteiger partial charge in [-0.2, -0.15) is 4.80 Å². The van der Waals surface area contributed by atoms with Crippen LogP contribution in [0.2, 0.25) is 0 Å². The molecule has 0 unspecified atom stereocenters. The summed E-state index contributed by atoms with van der Waals surface area (Å²) in [4.78, 5) is 15.2. The molecule has 0 aromatic carbocycles. The molecule has 0 radical (unpaired) electrons. The molecule has 0 amide bonds. The molecule has 2 heterocycles. The van der Waals surface area contributed by atoms with E-state index < -0.39 is 11.9 Å². The predicted molar refractivity (Wildman–Crippen MR) is 187 cm³/mol. The Hall–Kier alpha value is -2.04. The summed E-state index contributed by atoms with van der Waals surface area (Å²) < 4.78 is 13.7. The van der Waals surface area contributed by atoms with Crippen molar-refractivity contribution in [2.45, 2.75) is 125 Å². The number of likely N-dealkylation sites (N-methyl/N-ethyl adjacent to an activating group) is 1. The number of nitrogens with two attached hydrogens (primary N) is 1. The number of aliphatic carboxylic acids is 1. The fourth-order valence-electron chi connectivity index (χ4n) is 12.5. The van der Waals surface area contributed by atoms with Crippen LogP contribution in [0.3, 0.4) is 0 Å². The van der Waals surface area contributed by atoms with Crippen molar-refractivity contribution in [3.8, 4) is 0 Å². The normalized spacial score (nSPS) is 44.1. The minimum absolute atomic E-state index is 0.140. The zero-order valence-electron chi connectivity index (χ0n) is 31.4. The van der Waals surface area contributed by atoms with Crippen LogP contribution in [0.1, 0.15) is 113 Å². The lowest BCUT2D eigenvalue weighted by molar-refractivity contribution is -0.252. The zero-order chi connectivity index (χ0) is 35.0. The second-order valence-electron chi connectivity index (χ2n) is 18.1. The van der Waals surface area contributed by atoms with Crippen LogP contribution in [0, 0.1) is 62.6 Å². The quantitative estimate of drug-likeness (QED) is 0.242. The third-order valence-electron chi connectivity index (χ3n) is 16.0. The molecule has 1 aromatic rings. The van der Waals surface area contributed by atoms with Crippen LogP contribution in [0.4, 0.5) is 5.95 Å². The molecule has 0 spiro atoms. The molecule has 1 aliphatic heterocycles. The SMILES string of the molecule is CC[C@H](C)[C@@H](CO[C@H]1[C@H](n2nnc(N)n2)C[C@@]23COC[C@]1(C)[C@@H]2CC[C@H]1C3=CC[C@@]2(C)[C@H](C(=O)O)[C@@](C)([C@H](C)C(C)C)CC[C@]12C)NC. The van der Waals surface area contributed by atoms with Gasteiger partial charge in [-0.25, -0.2) is 0 Å². The van der Waals surface area contributed by atoms with Crippen molar-refractivity contribution in [3.05, 3.63) is 11.6 Å². The van der Waals surface area contributed by atoms with E-state index in [0.29, 0.717) is 49.4 Å². The molecule has 3 saturated carbocycles. The number of ether oxygens (including phenoxy) is 2. The van der Waals surface area contributed by atoms with E-state index in [1.54, 1.807) is 4.80 Å². The maximum absolute atomic E-state index is 13.4. The summed E-state index contributed by atoms with van der Waals surface area (Å²) in [7, 11) is 2.02. The molecule has 1 saturated heterocycles. The molecular formula is C38H64N6O4. The first-order valence-corrected chi connectivity index (χ1v) is 18.9. The van der Waals surface area contributed by atoms with Crippen LogP contribution >= 0.6 is 0 Å². The van der Waals surface area contributed by atoms with E-state index in [4.69, 9.17) is 15.2 Å². The summed E-state index contributed by atoms with van der Waals surface area (Å²) in [5, 5.41) is 27.7. The van der Waals surface area contributed by atoms with Crippen molar-refractivity contribution in [2.24, 2.45) is 62.6 Å². The molecule has 48 heavy (non-hydrogen) atoms. The van der Waals surface area contributed by atoms with Gasteiger partial charge in [0, 0.05) is 16.9 Å². The first-order valence-electron chi connectivity index (χ1n) is 18.9. The number of aromatic nitrogens is 4. The monoisotopic (exact) mass is 668 g/mol. The summed E-state index contributed by atoms with van der Waals surface area (Å²) >= 11 is 0. The van der Waals surface area contributed by atoms with Crippen molar-refractivity contribution < 1.29 is 19.4 Å². The Kier molecular flexibility index (Phi) is 9.19. The highest BCUT2D eigenvalue weighted by Gasteiger charge is 2.72. The molecule has 13 atom stereocenters. The van der Waals surface area contributed by atoms with E-state index in [2.05, 4.69) is 89.1 Å². The maximum Gasteiger partial charge on any atom is 0.307 e. The number of rotatable bonds is 10. The van der Waals surface area contributed by atoms with Gasteiger partial charge < -0.3 is 25.6 Å². The molecule has 2 bridgehead atoms. The van der Waals surface area contributed by atoms with Gasteiger partial charge in [0.1, 0.15) is 6.04 Å². The Labute approximate surface area is 288 Å². The van der Waals surface area contributed by atoms with Crippen LogP contribution in [0.5, 0.6) is 0 Å². The number of carbonyl (C=O) groups is 1. The van der Waals surface area contributed by atoms with Crippen LogP contribution in [0.15, 0.2) is 11.6 Å². The molecule has 5 aliphatic rings. The van der Waals surface area contributed by atoms with E-state index in [0.717, 1.165) is 44.9 Å². The molecule has 1 aromatic heterocycles. The minimum Gasteiger partial charge on any atom is -0.481 e. The summed E-state index contributed by atoms with van der Waals surface area (Å²) in [6, 6.07) is 0.0830. The molecular weight excluding hydrogens is 604 g/mol. The molecule has 270 valence electrons. The molecule has 6 rings (SSSR count). The lowest BCUT2D eigenvalue weighted by Gasteiger charge is -2.71. The van der Waals surface area contributed by atoms with Gasteiger partial charge in [-0.3, -0.25) is 4.79 Å². The van der Waals surface area contributed by atoms with E-state index in [1.165, 1.54) is 5.57 Å². The number of nitrogens with one attached hydrogen (secondary N) is 1. The Morgan fingerprint density at radius 2 is 1.88 bits per heavy atom. The molecule has 4 N–H and O–H groups in total. The fraction of sp³-hybridized carbons (Fsp3) is 0.895. The number of nitrogens with zero attached hydrogens (tertiary/aromatic N) is 4. The van der Waals surface area contributed by atoms with Crippen LogP contribution in [0.25, 0.3) is 0 Å². The van der Waals surface area contributed by atoms with E-state index in [9.17, 15) is 9.90 Å². The topological polar surface area (TPSA) is 137 Å². The van der Waals surface area contributed by atoms with Crippen molar-refractivity contribution in [2.75, 3.05) is 32.6 Å². The summed E-state index contributed by atoms with van der Waals surface area (Å²) in [5.41, 5.74) is 6.34. The number of fused-ring (bicyclic) bond motifs is 3. The van der Waals surface area contributed by atoms with Crippen molar-refractivity contribution >= 4 is 11.9 Å². The van der Waals surface area contributed by atoms with Crippen molar-refractivity contribution in [3.63, 3.8) is 0 Å². The number of anilines is 1. The standard InChI is InChI=1S/C38H64N6O4/c1-11-23(4)27(40-10)19-48-31-28(44-42-33(39)41-43-44)18-38-21-47-20-35(31,7)29(38)13-12-25-26(38)14-15-37(9)30(32(45)46)34(6,24(5)22(2)3)16-17-36(25,37)8/h14,22-25,27-31,40H,11-13,15-21H2,1-10H3,(H2,39,42)(H,45,46)/t23-,24+,25-,27+,28+,29-,30+,31-,34+,35+,36+,37-,38-/m0/s1. The van der Waals surface area contributed by atoms with Crippen LogP contribution < -0.4 is 11.1 Å². The maximum atomic E-state index is 13.4. The second kappa shape index (κ2) is 12.3. The number of carboxylic acid groups (broad SMARTS) is 1. The third kappa shape index (κ3) is 4.95. The predicted octanol–water partition coefficient (Wildman–Crippen LogP) is 6.40. The average Bonchev–Trinajstić information content (AvgIpc) is 3.47. The highest BCUT2D eigenvalue weighted by Crippen LogP contribution is 2.75. The number of allylic oxidation sites excluding steroid dienone is 1. The second-order valence-corrected chi connectivity index (χ2v) is 18.1. The van der Waals surface area contributed by atoms with Crippen molar-refractivity contribution in [1.82, 2.24) is 25.5 Å². The van der Waals surface area contributed by atoms with Crippen LogP contribution in [-0.4, -0.2) is 70.3 Å². The van der Waals surface area contributed by atoms with Gasteiger partial charge in [0.25, 0.3) is 5.95 Å².